The van der Waals surface area contributed by atoms with Crippen molar-refractivity contribution in [3.05, 3.63) is 24.5 Å². The molecule has 1 N–H and O–H groups in total. The number of aromatic nitrogens is 1. The van der Waals surface area contributed by atoms with Crippen LogP contribution < -0.4 is 10.2 Å². The number of nitrogens with zero attached hydrogens (tertiary/aromatic N) is 2. The second kappa shape index (κ2) is 3.20. The number of anilines is 1. The van der Waals surface area contributed by atoms with Gasteiger partial charge >= 0.3 is 0 Å². The Morgan fingerprint density at radius 1 is 1.00 bits per heavy atom. The molecule has 0 unspecified atom stereocenters. The molecule has 5 heterocycles. The van der Waals surface area contributed by atoms with Crippen molar-refractivity contribution in [2.24, 2.45) is 0 Å². The van der Waals surface area contributed by atoms with Gasteiger partial charge in [0, 0.05) is 42.2 Å². The van der Waals surface area contributed by atoms with Crippen LogP contribution in [0.15, 0.2) is 24.5 Å². The van der Waals surface area contributed by atoms with Crippen molar-refractivity contribution in [2.75, 3.05) is 4.90 Å². The maximum Gasteiger partial charge on any atom is 0.0402 e. The van der Waals surface area contributed by atoms with Crippen LogP contribution in [0.3, 0.4) is 0 Å². The van der Waals surface area contributed by atoms with E-state index in [9.17, 15) is 0 Å². The van der Waals surface area contributed by atoms with Gasteiger partial charge in [-0.2, -0.15) is 0 Å². The van der Waals surface area contributed by atoms with Crippen LogP contribution >= 0.6 is 0 Å². The van der Waals surface area contributed by atoms with Gasteiger partial charge in [0.15, 0.2) is 0 Å². The summed E-state index contributed by atoms with van der Waals surface area (Å²) in [6, 6.07) is 7.45. The molecule has 0 amide bonds. The van der Waals surface area contributed by atoms with Gasteiger partial charge in [-0.05, 0) is 37.8 Å². The summed E-state index contributed by atoms with van der Waals surface area (Å²) in [5.41, 5.74) is 1.38. The van der Waals surface area contributed by atoms with Gasteiger partial charge in [-0.1, -0.05) is 0 Å². The summed E-state index contributed by atoms with van der Waals surface area (Å²) in [5.74, 6) is 0. The van der Waals surface area contributed by atoms with Gasteiger partial charge in [0.05, 0.1) is 0 Å². The topological polar surface area (TPSA) is 28.2 Å². The normalized spacial score (nSPS) is 40.4. The molecule has 5 rings (SSSR count). The molecule has 16 heavy (non-hydrogen) atoms. The molecule has 0 saturated carbocycles. The Kier molecular flexibility index (Phi) is 1.80. The minimum atomic E-state index is 0.770. The molecule has 0 radical (unpaired) electrons. The third-order valence-corrected chi connectivity index (χ3v) is 4.45. The predicted molar refractivity (Wildman–Crippen MR) is 63.5 cm³/mol. The van der Waals surface area contributed by atoms with E-state index in [2.05, 4.69) is 27.3 Å². The molecule has 4 bridgehead atoms. The van der Waals surface area contributed by atoms with Gasteiger partial charge in [0.2, 0.25) is 0 Å². The molecule has 3 heteroatoms. The van der Waals surface area contributed by atoms with Crippen LogP contribution in [-0.4, -0.2) is 29.2 Å². The summed E-state index contributed by atoms with van der Waals surface area (Å²) >= 11 is 0. The van der Waals surface area contributed by atoms with Crippen LogP contribution in [0.2, 0.25) is 0 Å². The fourth-order valence-corrected chi connectivity index (χ4v) is 3.99. The Balaban J connectivity index is 1.70. The summed E-state index contributed by atoms with van der Waals surface area (Å²) in [5, 5.41) is 3.75. The molecule has 3 nitrogen and oxygen atoms in total. The Morgan fingerprint density at radius 3 is 2.12 bits per heavy atom. The molecule has 0 aliphatic carbocycles. The second-order valence-corrected chi connectivity index (χ2v) is 5.42. The smallest absolute Gasteiger partial charge is 0.0402 e. The van der Waals surface area contributed by atoms with Crippen molar-refractivity contribution in [2.45, 2.75) is 49.9 Å². The molecule has 1 aromatic heterocycles. The first-order chi connectivity index (χ1) is 7.90. The van der Waals surface area contributed by atoms with Gasteiger partial charge in [-0.15, -0.1) is 0 Å². The van der Waals surface area contributed by atoms with Crippen molar-refractivity contribution in [3.8, 4) is 0 Å². The number of pyridine rings is 1. The van der Waals surface area contributed by atoms with E-state index in [4.69, 9.17) is 0 Å². The van der Waals surface area contributed by atoms with Crippen molar-refractivity contribution < 1.29 is 0 Å². The summed E-state index contributed by atoms with van der Waals surface area (Å²) in [6.45, 7) is 0. The van der Waals surface area contributed by atoms with Crippen LogP contribution in [0.1, 0.15) is 25.7 Å². The Hall–Kier alpha value is -1.09. The number of hydrogen-bond donors (Lipinski definition) is 1. The molecule has 84 valence electrons. The third-order valence-electron chi connectivity index (χ3n) is 4.45. The Labute approximate surface area is 95.9 Å². The van der Waals surface area contributed by atoms with Crippen molar-refractivity contribution >= 4 is 5.69 Å². The lowest BCUT2D eigenvalue weighted by Gasteiger charge is -2.57. The van der Waals surface area contributed by atoms with Crippen molar-refractivity contribution in [1.82, 2.24) is 10.3 Å². The Morgan fingerprint density at radius 2 is 1.56 bits per heavy atom. The lowest BCUT2D eigenvalue weighted by atomic mass is 9.74. The van der Waals surface area contributed by atoms with Gasteiger partial charge in [-0.25, -0.2) is 0 Å². The summed E-state index contributed by atoms with van der Waals surface area (Å²) in [7, 11) is 0. The van der Waals surface area contributed by atoms with E-state index in [0.29, 0.717) is 0 Å². The molecule has 4 aliphatic rings. The molecule has 4 fully saturated rings. The highest BCUT2D eigenvalue weighted by Gasteiger charge is 2.46. The number of nitrogens with one attached hydrogen (secondary N) is 1. The zero-order chi connectivity index (χ0) is 10.5. The molecule has 4 aliphatic heterocycles. The summed E-state index contributed by atoms with van der Waals surface area (Å²) < 4.78 is 0. The van der Waals surface area contributed by atoms with E-state index < -0.39 is 0 Å². The van der Waals surface area contributed by atoms with E-state index in [-0.39, 0.29) is 0 Å². The lowest BCUT2D eigenvalue weighted by Crippen LogP contribution is -2.67. The fourth-order valence-electron chi connectivity index (χ4n) is 3.99. The highest BCUT2D eigenvalue weighted by atomic mass is 15.3. The van der Waals surface area contributed by atoms with Crippen LogP contribution in [0.25, 0.3) is 0 Å². The van der Waals surface area contributed by atoms with Crippen LogP contribution in [0.4, 0.5) is 5.69 Å². The van der Waals surface area contributed by atoms with Gasteiger partial charge in [0.1, 0.15) is 0 Å². The first kappa shape index (κ1) is 8.99. The second-order valence-electron chi connectivity index (χ2n) is 5.42. The predicted octanol–water partition coefficient (Wildman–Crippen LogP) is 1.55. The van der Waals surface area contributed by atoms with E-state index in [1.165, 1.54) is 31.4 Å². The summed E-state index contributed by atoms with van der Waals surface area (Å²) in [4.78, 5) is 6.78. The highest BCUT2D eigenvalue weighted by Crippen LogP contribution is 2.41. The fraction of sp³-hybridized carbons (Fsp3) is 0.615. The number of rotatable bonds is 1. The van der Waals surface area contributed by atoms with Crippen LogP contribution in [0.5, 0.6) is 0 Å². The molecular formula is C13H17N3. The van der Waals surface area contributed by atoms with E-state index in [1.807, 2.05) is 12.4 Å². The third kappa shape index (κ3) is 1.21. The van der Waals surface area contributed by atoms with Crippen molar-refractivity contribution in [1.29, 1.82) is 0 Å². The molecular weight excluding hydrogens is 198 g/mol. The van der Waals surface area contributed by atoms with Crippen LogP contribution in [0, 0.1) is 0 Å². The maximum atomic E-state index is 4.12. The quantitative estimate of drug-likeness (QED) is 0.770. The zero-order valence-corrected chi connectivity index (χ0v) is 9.34. The zero-order valence-electron chi connectivity index (χ0n) is 9.34. The molecule has 0 atom stereocenters. The average molecular weight is 215 g/mol. The van der Waals surface area contributed by atoms with Gasteiger partial charge in [0.25, 0.3) is 0 Å². The molecule has 0 spiro atoms. The molecule has 4 saturated heterocycles. The van der Waals surface area contributed by atoms with Crippen LogP contribution in [-0.2, 0) is 0 Å². The maximum absolute atomic E-state index is 4.12. The highest BCUT2D eigenvalue weighted by molar-refractivity contribution is 5.49. The van der Waals surface area contributed by atoms with Gasteiger partial charge < -0.3 is 10.2 Å². The van der Waals surface area contributed by atoms with E-state index >= 15 is 0 Å². The number of piperidine rings is 4. The Bertz CT molecular complexity index is 361. The van der Waals surface area contributed by atoms with Gasteiger partial charge in [-0.3, -0.25) is 4.98 Å². The van der Waals surface area contributed by atoms with E-state index in [0.717, 1.165) is 24.2 Å². The molecule has 0 aromatic carbocycles. The standard InChI is InChI=1S/C13H17N3/c1-3-14-4-2-11(1)16-12-5-9-6-13(16)8-10(7-12)15-9/h1-4,9-10,12-13,15H,5-8H2. The SMILES string of the molecule is c1cc(N2C3CC4CC2CC(C3)N4)ccn1. The molecule has 1 aromatic rings. The lowest BCUT2D eigenvalue weighted by molar-refractivity contribution is 0.135. The van der Waals surface area contributed by atoms with Crippen molar-refractivity contribution in [3.63, 3.8) is 0 Å². The van der Waals surface area contributed by atoms with E-state index in [1.54, 1.807) is 0 Å². The minimum absolute atomic E-state index is 0.770. The monoisotopic (exact) mass is 215 g/mol. The first-order valence-corrected chi connectivity index (χ1v) is 6.34. The first-order valence-electron chi connectivity index (χ1n) is 6.34. The largest absolute Gasteiger partial charge is 0.365 e. The number of hydrogen-bond acceptors (Lipinski definition) is 3. The summed E-state index contributed by atoms with van der Waals surface area (Å²) in [6.07, 6.45) is 9.15. The minimum Gasteiger partial charge on any atom is -0.365 e. The average Bonchev–Trinajstić information content (AvgIpc) is 2.29.